The lowest BCUT2D eigenvalue weighted by atomic mass is 10.1. The summed E-state index contributed by atoms with van der Waals surface area (Å²) < 4.78 is 28.1. The third-order valence-electron chi connectivity index (χ3n) is 3.73. The van der Waals surface area contributed by atoms with Gasteiger partial charge in [0.05, 0.1) is 22.3 Å². The van der Waals surface area contributed by atoms with Crippen molar-refractivity contribution in [3.63, 3.8) is 0 Å². The van der Waals surface area contributed by atoms with E-state index in [2.05, 4.69) is 14.9 Å². The van der Waals surface area contributed by atoms with Crippen LogP contribution in [-0.2, 0) is 10.0 Å². The first-order valence-electron chi connectivity index (χ1n) is 7.07. The zero-order valence-corrected chi connectivity index (χ0v) is 12.8. The maximum absolute atomic E-state index is 12.8. The number of rotatable bonds is 3. The lowest BCUT2D eigenvalue weighted by Gasteiger charge is -2.10. The molecule has 1 heterocycles. The molecule has 0 unspecified atom stereocenters. The van der Waals surface area contributed by atoms with E-state index in [4.69, 9.17) is 0 Å². The summed E-state index contributed by atoms with van der Waals surface area (Å²) in [7, 11) is -3.68. The van der Waals surface area contributed by atoms with Crippen molar-refractivity contribution < 1.29 is 8.42 Å². The molecule has 4 rings (SSSR count). The Hall–Kier alpha value is -2.86. The molecule has 0 fully saturated rings. The number of aromatic nitrogens is 2. The number of nitrogens with zero attached hydrogens (tertiary/aromatic N) is 1. The SMILES string of the molecule is O=S(=O)(Nc1ccc2cn[nH]c2c1)c1cccc2ccccc12. The van der Waals surface area contributed by atoms with Crippen molar-refractivity contribution in [3.05, 3.63) is 66.9 Å². The molecule has 0 aliphatic heterocycles. The summed E-state index contributed by atoms with van der Waals surface area (Å²) >= 11 is 0. The van der Waals surface area contributed by atoms with Crippen LogP contribution in [0, 0.1) is 0 Å². The fraction of sp³-hybridized carbons (Fsp3) is 0. The van der Waals surface area contributed by atoms with E-state index in [-0.39, 0.29) is 4.90 Å². The normalized spacial score (nSPS) is 11.8. The Bertz CT molecular complexity index is 1110. The highest BCUT2D eigenvalue weighted by Gasteiger charge is 2.17. The molecule has 0 saturated carbocycles. The first kappa shape index (κ1) is 13.8. The average molecular weight is 323 g/mol. The Morgan fingerprint density at radius 1 is 0.913 bits per heavy atom. The third-order valence-corrected chi connectivity index (χ3v) is 5.17. The molecular formula is C17H13N3O2S. The van der Waals surface area contributed by atoms with Crippen LogP contribution in [0.15, 0.2) is 71.8 Å². The van der Waals surface area contributed by atoms with Gasteiger partial charge in [0.2, 0.25) is 0 Å². The third kappa shape index (κ3) is 2.43. The van der Waals surface area contributed by atoms with Crippen molar-refractivity contribution in [2.24, 2.45) is 0 Å². The molecule has 0 atom stereocenters. The second-order valence-corrected chi connectivity index (χ2v) is 6.91. The Balaban J connectivity index is 1.80. The van der Waals surface area contributed by atoms with Gasteiger partial charge in [-0.1, -0.05) is 36.4 Å². The Morgan fingerprint density at radius 3 is 2.65 bits per heavy atom. The first-order valence-corrected chi connectivity index (χ1v) is 8.55. The number of aromatic amines is 1. The van der Waals surface area contributed by atoms with E-state index >= 15 is 0 Å². The van der Waals surface area contributed by atoms with Crippen LogP contribution < -0.4 is 4.72 Å². The molecule has 1 aromatic heterocycles. The zero-order chi connectivity index (χ0) is 15.9. The van der Waals surface area contributed by atoms with Gasteiger partial charge in [0.25, 0.3) is 10.0 Å². The van der Waals surface area contributed by atoms with E-state index in [9.17, 15) is 8.42 Å². The second-order valence-electron chi connectivity index (χ2n) is 5.25. The number of fused-ring (bicyclic) bond motifs is 2. The highest BCUT2D eigenvalue weighted by atomic mass is 32.2. The molecule has 2 N–H and O–H groups in total. The number of H-pyrrole nitrogens is 1. The highest BCUT2D eigenvalue weighted by molar-refractivity contribution is 7.93. The van der Waals surface area contributed by atoms with Crippen LogP contribution in [-0.4, -0.2) is 18.6 Å². The van der Waals surface area contributed by atoms with E-state index in [1.165, 1.54) is 0 Å². The van der Waals surface area contributed by atoms with Gasteiger partial charge >= 0.3 is 0 Å². The molecule has 0 bridgehead atoms. The minimum atomic E-state index is -3.68. The monoisotopic (exact) mass is 323 g/mol. The van der Waals surface area contributed by atoms with Crippen molar-refractivity contribution in [3.8, 4) is 0 Å². The summed E-state index contributed by atoms with van der Waals surface area (Å²) in [6, 6.07) is 17.9. The lowest BCUT2D eigenvalue weighted by molar-refractivity contribution is 0.602. The van der Waals surface area contributed by atoms with Gasteiger partial charge in [0.1, 0.15) is 0 Å². The smallest absolute Gasteiger partial charge is 0.262 e. The van der Waals surface area contributed by atoms with Gasteiger partial charge in [0.15, 0.2) is 0 Å². The number of hydrogen-bond acceptors (Lipinski definition) is 3. The minimum absolute atomic E-state index is 0.264. The van der Waals surface area contributed by atoms with Crippen LogP contribution in [0.25, 0.3) is 21.7 Å². The summed E-state index contributed by atoms with van der Waals surface area (Å²) in [4.78, 5) is 0.264. The minimum Gasteiger partial charge on any atom is -0.280 e. The molecule has 6 heteroatoms. The fourth-order valence-corrected chi connectivity index (χ4v) is 3.92. The summed E-state index contributed by atoms with van der Waals surface area (Å²) in [6.07, 6.45) is 1.69. The van der Waals surface area contributed by atoms with Crippen LogP contribution >= 0.6 is 0 Å². The van der Waals surface area contributed by atoms with E-state index in [1.807, 2.05) is 36.4 Å². The number of nitrogens with one attached hydrogen (secondary N) is 2. The molecular weight excluding hydrogens is 310 g/mol. The van der Waals surface area contributed by atoms with Crippen LogP contribution in [0.1, 0.15) is 0 Å². The summed E-state index contributed by atoms with van der Waals surface area (Å²) in [5.74, 6) is 0. The molecule has 0 amide bonds. The molecule has 0 aliphatic carbocycles. The van der Waals surface area contributed by atoms with Gasteiger partial charge in [-0.2, -0.15) is 5.10 Å². The van der Waals surface area contributed by atoms with Crippen molar-refractivity contribution in [1.82, 2.24) is 10.2 Å². The van der Waals surface area contributed by atoms with Gasteiger partial charge in [-0.05, 0) is 29.7 Å². The van der Waals surface area contributed by atoms with Gasteiger partial charge in [0, 0.05) is 10.8 Å². The molecule has 0 saturated heterocycles. The summed E-state index contributed by atoms with van der Waals surface area (Å²) in [5.41, 5.74) is 1.28. The maximum Gasteiger partial charge on any atom is 0.262 e. The summed E-state index contributed by atoms with van der Waals surface area (Å²) in [6.45, 7) is 0. The topological polar surface area (TPSA) is 74.8 Å². The van der Waals surface area contributed by atoms with Crippen molar-refractivity contribution in [2.45, 2.75) is 4.90 Å². The molecule has 4 aromatic rings. The van der Waals surface area contributed by atoms with E-state index in [0.29, 0.717) is 11.1 Å². The van der Waals surface area contributed by atoms with E-state index in [1.54, 1.807) is 30.5 Å². The lowest BCUT2D eigenvalue weighted by Crippen LogP contribution is -2.13. The predicted octanol–water partition coefficient (Wildman–Crippen LogP) is 3.52. The zero-order valence-electron chi connectivity index (χ0n) is 12.0. The van der Waals surface area contributed by atoms with Crippen molar-refractivity contribution in [1.29, 1.82) is 0 Å². The predicted molar refractivity (Wildman–Crippen MR) is 90.9 cm³/mol. The fourth-order valence-electron chi connectivity index (χ4n) is 2.64. The van der Waals surface area contributed by atoms with Crippen LogP contribution in [0.3, 0.4) is 0 Å². The van der Waals surface area contributed by atoms with E-state index < -0.39 is 10.0 Å². The average Bonchev–Trinajstić information content (AvgIpc) is 3.01. The first-order chi connectivity index (χ1) is 11.1. The standard InChI is InChI=1S/C17H13N3O2S/c21-23(22,17-7-3-5-12-4-1-2-6-15(12)17)20-14-9-8-13-11-18-19-16(13)10-14/h1-11,20H,(H,18,19). The maximum atomic E-state index is 12.8. The number of benzene rings is 3. The number of anilines is 1. The number of hydrogen-bond donors (Lipinski definition) is 2. The molecule has 0 aliphatic rings. The largest absolute Gasteiger partial charge is 0.280 e. The van der Waals surface area contributed by atoms with Gasteiger partial charge in [-0.15, -0.1) is 0 Å². The second kappa shape index (κ2) is 5.10. The Labute approximate surface area is 133 Å². The Morgan fingerprint density at radius 2 is 1.74 bits per heavy atom. The highest BCUT2D eigenvalue weighted by Crippen LogP contribution is 2.25. The summed E-state index contributed by atoms with van der Waals surface area (Å²) in [5, 5.41) is 9.28. The van der Waals surface area contributed by atoms with Gasteiger partial charge in [-0.25, -0.2) is 8.42 Å². The molecule has 0 spiro atoms. The molecule has 0 radical (unpaired) electrons. The van der Waals surface area contributed by atoms with Gasteiger partial charge < -0.3 is 0 Å². The number of sulfonamides is 1. The molecule has 3 aromatic carbocycles. The van der Waals surface area contributed by atoms with Crippen LogP contribution in [0.5, 0.6) is 0 Å². The van der Waals surface area contributed by atoms with Crippen molar-refractivity contribution >= 4 is 37.4 Å². The van der Waals surface area contributed by atoms with E-state index in [0.717, 1.165) is 16.3 Å². The van der Waals surface area contributed by atoms with Crippen molar-refractivity contribution in [2.75, 3.05) is 4.72 Å². The van der Waals surface area contributed by atoms with Crippen LogP contribution in [0.2, 0.25) is 0 Å². The van der Waals surface area contributed by atoms with Gasteiger partial charge in [-0.3, -0.25) is 9.82 Å². The molecule has 114 valence electrons. The molecule has 5 nitrogen and oxygen atoms in total. The molecule has 23 heavy (non-hydrogen) atoms. The quantitative estimate of drug-likeness (QED) is 0.606. The Kier molecular flexibility index (Phi) is 3.06. The van der Waals surface area contributed by atoms with Crippen LogP contribution in [0.4, 0.5) is 5.69 Å².